The second-order valence-electron chi connectivity index (χ2n) is 6.85. The summed E-state index contributed by atoms with van der Waals surface area (Å²) in [6, 6.07) is 13.6. The van der Waals surface area contributed by atoms with Crippen molar-refractivity contribution in [2.45, 2.75) is 26.8 Å². The Hall–Kier alpha value is -2.37. The largest absolute Gasteiger partial charge is 0.333 e. The fourth-order valence-electron chi connectivity index (χ4n) is 2.85. The van der Waals surface area contributed by atoms with Crippen molar-refractivity contribution in [3.8, 4) is 0 Å². The average molecular weight is 389 g/mol. The van der Waals surface area contributed by atoms with Crippen LogP contribution in [0, 0.1) is 13.8 Å². The van der Waals surface area contributed by atoms with Crippen molar-refractivity contribution in [2.75, 3.05) is 25.5 Å². The normalized spacial score (nSPS) is 11.7. The third-order valence-corrected chi connectivity index (χ3v) is 4.81. The highest BCUT2D eigenvalue weighted by atomic mass is 35.5. The first-order chi connectivity index (χ1) is 12.8. The number of nitrogens with one attached hydrogen (secondary N) is 1. The molecule has 3 N–H and O–H groups in total. The minimum absolute atomic E-state index is 0.0198. The molecule has 0 radical (unpaired) electrons. The minimum atomic E-state index is -0.203. The molecular formula is C21H27ClN3O2+. The summed E-state index contributed by atoms with van der Waals surface area (Å²) >= 11 is 6.01. The van der Waals surface area contributed by atoms with Gasteiger partial charge in [0.1, 0.15) is 6.04 Å². The van der Waals surface area contributed by atoms with Gasteiger partial charge in [0.2, 0.25) is 5.91 Å². The SMILES string of the molecule is Cc1cccc(C)c1NC(=O)CN(C)C(=O)C[NH2+][C@@H](C)c1cccc(Cl)c1. The second-order valence-corrected chi connectivity index (χ2v) is 7.28. The van der Waals surface area contributed by atoms with Gasteiger partial charge in [0, 0.05) is 23.3 Å². The standard InChI is InChI=1S/C21H26ClN3O2/c1-14-7-5-8-15(2)21(14)24-19(26)13-25(4)20(27)12-23-16(3)17-9-6-10-18(22)11-17/h5-11,16,23H,12-13H2,1-4H3,(H,24,26)/p+1/t16-/m0/s1. The Labute approximate surface area is 165 Å². The fraction of sp³-hybridized carbons (Fsp3) is 0.333. The number of aryl methyl sites for hydroxylation is 2. The number of carbonyl (C=O) groups is 2. The van der Waals surface area contributed by atoms with E-state index in [0.717, 1.165) is 22.4 Å². The minimum Gasteiger partial charge on any atom is -0.333 e. The van der Waals surface area contributed by atoms with Crippen LogP contribution in [-0.2, 0) is 9.59 Å². The monoisotopic (exact) mass is 388 g/mol. The van der Waals surface area contributed by atoms with Crippen molar-refractivity contribution < 1.29 is 14.9 Å². The molecule has 27 heavy (non-hydrogen) atoms. The summed E-state index contributed by atoms with van der Waals surface area (Å²) in [5.41, 5.74) is 3.87. The van der Waals surface area contributed by atoms with Crippen LogP contribution in [0.3, 0.4) is 0 Å². The molecule has 2 amide bonds. The van der Waals surface area contributed by atoms with Crippen molar-refractivity contribution in [3.63, 3.8) is 0 Å². The van der Waals surface area contributed by atoms with Gasteiger partial charge in [0.25, 0.3) is 5.91 Å². The summed E-state index contributed by atoms with van der Waals surface area (Å²) in [6.07, 6.45) is 0. The van der Waals surface area contributed by atoms with Crippen molar-refractivity contribution in [2.24, 2.45) is 0 Å². The smallest absolute Gasteiger partial charge is 0.277 e. The molecule has 0 saturated heterocycles. The molecule has 0 heterocycles. The van der Waals surface area contributed by atoms with Crippen LogP contribution < -0.4 is 10.6 Å². The summed E-state index contributed by atoms with van der Waals surface area (Å²) in [5, 5.41) is 5.52. The number of hydrogen-bond acceptors (Lipinski definition) is 2. The summed E-state index contributed by atoms with van der Waals surface area (Å²) in [6.45, 7) is 6.20. The lowest BCUT2D eigenvalue weighted by atomic mass is 10.1. The highest BCUT2D eigenvalue weighted by Crippen LogP contribution is 2.19. The van der Waals surface area contributed by atoms with Crippen LogP contribution in [0.4, 0.5) is 5.69 Å². The van der Waals surface area contributed by atoms with Crippen LogP contribution in [0.2, 0.25) is 5.02 Å². The molecule has 0 unspecified atom stereocenters. The van der Waals surface area contributed by atoms with Crippen molar-refractivity contribution >= 4 is 29.1 Å². The van der Waals surface area contributed by atoms with Crippen molar-refractivity contribution in [3.05, 3.63) is 64.2 Å². The third-order valence-electron chi connectivity index (χ3n) is 4.57. The zero-order chi connectivity index (χ0) is 20.0. The van der Waals surface area contributed by atoms with Crippen LogP contribution in [-0.4, -0.2) is 36.9 Å². The molecule has 0 fully saturated rings. The van der Waals surface area contributed by atoms with E-state index in [-0.39, 0.29) is 30.9 Å². The van der Waals surface area contributed by atoms with Gasteiger partial charge in [0.15, 0.2) is 6.54 Å². The van der Waals surface area contributed by atoms with E-state index < -0.39 is 0 Å². The number of para-hydroxylation sites is 1. The lowest BCUT2D eigenvalue weighted by Gasteiger charge is -2.18. The molecule has 2 rings (SSSR count). The van der Waals surface area contributed by atoms with Gasteiger partial charge >= 0.3 is 0 Å². The Morgan fingerprint density at radius 3 is 2.41 bits per heavy atom. The second kappa shape index (κ2) is 9.53. The lowest BCUT2D eigenvalue weighted by Crippen LogP contribution is -2.87. The zero-order valence-corrected chi connectivity index (χ0v) is 17.0. The molecule has 6 heteroatoms. The van der Waals surface area contributed by atoms with Gasteiger partial charge in [-0.3, -0.25) is 9.59 Å². The number of amides is 2. The van der Waals surface area contributed by atoms with E-state index in [2.05, 4.69) is 5.32 Å². The lowest BCUT2D eigenvalue weighted by molar-refractivity contribution is -0.683. The molecule has 144 valence electrons. The predicted octanol–water partition coefficient (Wildman–Crippen LogP) is 2.68. The maximum Gasteiger partial charge on any atom is 0.277 e. The molecule has 2 aromatic rings. The Kier molecular flexibility index (Phi) is 7.39. The van der Waals surface area contributed by atoms with Crippen LogP contribution in [0.1, 0.15) is 29.7 Å². The molecule has 0 spiro atoms. The quantitative estimate of drug-likeness (QED) is 0.765. The number of likely N-dealkylation sites (N-methyl/N-ethyl adjacent to an activating group) is 1. The number of nitrogens with two attached hydrogens (primary N) is 1. The number of rotatable bonds is 7. The molecular weight excluding hydrogens is 362 g/mol. The Balaban J connectivity index is 1.85. The van der Waals surface area contributed by atoms with Gasteiger partial charge in [-0.25, -0.2) is 0 Å². The van der Waals surface area contributed by atoms with E-state index in [9.17, 15) is 9.59 Å². The van der Waals surface area contributed by atoms with Crippen LogP contribution in [0.15, 0.2) is 42.5 Å². The fourth-order valence-corrected chi connectivity index (χ4v) is 3.05. The van der Waals surface area contributed by atoms with E-state index in [1.54, 1.807) is 7.05 Å². The van der Waals surface area contributed by atoms with E-state index in [0.29, 0.717) is 5.02 Å². The van der Waals surface area contributed by atoms with Gasteiger partial charge in [0.05, 0.1) is 6.54 Å². The number of nitrogens with zero attached hydrogens (tertiary/aromatic N) is 1. The Morgan fingerprint density at radius 2 is 1.78 bits per heavy atom. The molecule has 0 aliphatic carbocycles. The Morgan fingerprint density at radius 1 is 1.15 bits per heavy atom. The van der Waals surface area contributed by atoms with E-state index in [4.69, 9.17) is 11.6 Å². The topological polar surface area (TPSA) is 66.0 Å². The molecule has 5 nitrogen and oxygen atoms in total. The maximum absolute atomic E-state index is 12.4. The average Bonchev–Trinajstić information content (AvgIpc) is 2.62. The summed E-state index contributed by atoms with van der Waals surface area (Å²) < 4.78 is 0. The molecule has 0 bridgehead atoms. The first-order valence-electron chi connectivity index (χ1n) is 8.96. The van der Waals surface area contributed by atoms with Crippen LogP contribution >= 0.6 is 11.6 Å². The van der Waals surface area contributed by atoms with E-state index in [1.165, 1.54) is 4.90 Å². The van der Waals surface area contributed by atoms with E-state index in [1.807, 2.05) is 68.6 Å². The van der Waals surface area contributed by atoms with Gasteiger partial charge < -0.3 is 15.5 Å². The highest BCUT2D eigenvalue weighted by Gasteiger charge is 2.18. The van der Waals surface area contributed by atoms with Gasteiger partial charge in [-0.1, -0.05) is 41.9 Å². The van der Waals surface area contributed by atoms with E-state index >= 15 is 0 Å². The maximum atomic E-state index is 12.4. The van der Waals surface area contributed by atoms with Crippen molar-refractivity contribution in [1.82, 2.24) is 4.90 Å². The first kappa shape index (κ1) is 20.9. The number of hydrogen-bond donors (Lipinski definition) is 2. The summed E-state index contributed by atoms with van der Waals surface area (Å²) in [5.74, 6) is -0.299. The predicted molar refractivity (Wildman–Crippen MR) is 109 cm³/mol. The molecule has 0 aliphatic heterocycles. The molecule has 0 saturated carbocycles. The Bertz CT molecular complexity index is 803. The molecule has 0 aliphatic rings. The number of anilines is 1. The molecule has 1 atom stereocenters. The van der Waals surface area contributed by atoms with Gasteiger partial charge in [-0.05, 0) is 44.0 Å². The summed E-state index contributed by atoms with van der Waals surface area (Å²) in [4.78, 5) is 26.1. The number of halogens is 1. The third kappa shape index (κ3) is 6.08. The molecule has 0 aromatic heterocycles. The zero-order valence-electron chi connectivity index (χ0n) is 16.3. The van der Waals surface area contributed by atoms with Crippen LogP contribution in [0.25, 0.3) is 0 Å². The van der Waals surface area contributed by atoms with Crippen LogP contribution in [0.5, 0.6) is 0 Å². The first-order valence-corrected chi connectivity index (χ1v) is 9.34. The highest BCUT2D eigenvalue weighted by molar-refractivity contribution is 6.30. The number of benzene rings is 2. The number of quaternary nitrogens is 1. The summed E-state index contributed by atoms with van der Waals surface area (Å²) in [7, 11) is 1.64. The van der Waals surface area contributed by atoms with Gasteiger partial charge in [-0.2, -0.15) is 0 Å². The van der Waals surface area contributed by atoms with Gasteiger partial charge in [-0.15, -0.1) is 0 Å². The van der Waals surface area contributed by atoms with Crippen molar-refractivity contribution in [1.29, 1.82) is 0 Å². The molecule has 2 aromatic carbocycles. The number of carbonyl (C=O) groups excluding carboxylic acids is 2.